The van der Waals surface area contributed by atoms with Crippen molar-refractivity contribution in [2.45, 2.75) is 32.2 Å². The fraction of sp³-hybridized carbons (Fsp3) is 0.412. The van der Waals surface area contributed by atoms with Crippen molar-refractivity contribution >= 4 is 29.5 Å². The molecule has 1 aromatic heterocycles. The lowest BCUT2D eigenvalue weighted by atomic mass is 10.1. The van der Waals surface area contributed by atoms with Crippen molar-refractivity contribution in [1.82, 2.24) is 15.0 Å². The van der Waals surface area contributed by atoms with Gasteiger partial charge in [0, 0.05) is 18.8 Å². The highest BCUT2D eigenvalue weighted by molar-refractivity contribution is 5.76. The zero-order valence-electron chi connectivity index (χ0n) is 14.1. The van der Waals surface area contributed by atoms with Gasteiger partial charge in [0.15, 0.2) is 0 Å². The summed E-state index contributed by atoms with van der Waals surface area (Å²) in [5, 5.41) is 15.1. The average molecular weight is 342 g/mol. The van der Waals surface area contributed by atoms with E-state index in [0.717, 1.165) is 31.6 Å². The monoisotopic (exact) mass is 342 g/mol. The number of hydrogen-bond donors (Lipinski definition) is 3. The standard InChI is InChI=1S/C17H22N6O2/c1-12(14(24)25)18-15-20-16(19-13-8-4-2-5-9-13)22-17(21-15)23-10-6-3-7-11-23/h2,4-5,8-9,12H,3,6-7,10-11H2,1H3,(H,24,25)(H2,18,19,20,21,22). The van der Waals surface area contributed by atoms with E-state index >= 15 is 0 Å². The van der Waals surface area contributed by atoms with Crippen molar-refractivity contribution in [2.75, 3.05) is 28.6 Å². The predicted molar refractivity (Wildman–Crippen MR) is 96.3 cm³/mol. The maximum atomic E-state index is 11.1. The van der Waals surface area contributed by atoms with Crippen molar-refractivity contribution in [3.63, 3.8) is 0 Å². The molecule has 132 valence electrons. The van der Waals surface area contributed by atoms with E-state index in [9.17, 15) is 4.79 Å². The molecule has 25 heavy (non-hydrogen) atoms. The number of rotatable bonds is 6. The van der Waals surface area contributed by atoms with Gasteiger partial charge in [0.25, 0.3) is 0 Å². The lowest BCUT2D eigenvalue weighted by Gasteiger charge is -2.27. The zero-order valence-corrected chi connectivity index (χ0v) is 14.1. The third-order valence-electron chi connectivity index (χ3n) is 4.01. The van der Waals surface area contributed by atoms with Gasteiger partial charge in [-0.1, -0.05) is 18.2 Å². The van der Waals surface area contributed by atoms with Crippen molar-refractivity contribution < 1.29 is 9.90 Å². The van der Waals surface area contributed by atoms with Gasteiger partial charge in [0.2, 0.25) is 17.8 Å². The molecule has 1 aliphatic heterocycles. The minimum Gasteiger partial charge on any atom is -0.480 e. The van der Waals surface area contributed by atoms with Gasteiger partial charge < -0.3 is 20.6 Å². The van der Waals surface area contributed by atoms with Crippen LogP contribution in [0.25, 0.3) is 0 Å². The number of piperidine rings is 1. The van der Waals surface area contributed by atoms with Crippen LogP contribution in [-0.4, -0.2) is 45.2 Å². The quantitative estimate of drug-likeness (QED) is 0.736. The van der Waals surface area contributed by atoms with Crippen LogP contribution in [0.3, 0.4) is 0 Å². The van der Waals surface area contributed by atoms with E-state index < -0.39 is 12.0 Å². The third-order valence-corrected chi connectivity index (χ3v) is 4.01. The summed E-state index contributed by atoms with van der Waals surface area (Å²) in [6.45, 7) is 3.34. The van der Waals surface area contributed by atoms with Crippen LogP contribution in [0.1, 0.15) is 26.2 Å². The fourth-order valence-corrected chi connectivity index (χ4v) is 2.63. The number of para-hydroxylation sites is 1. The van der Waals surface area contributed by atoms with Crippen LogP contribution in [0.2, 0.25) is 0 Å². The second kappa shape index (κ2) is 7.78. The predicted octanol–water partition coefficient (Wildman–Crippen LogP) is 2.49. The molecule has 0 aliphatic carbocycles. The van der Waals surface area contributed by atoms with Gasteiger partial charge in [0.1, 0.15) is 6.04 Å². The van der Waals surface area contributed by atoms with Crippen LogP contribution in [-0.2, 0) is 4.79 Å². The number of aromatic nitrogens is 3. The Hall–Kier alpha value is -2.90. The first-order chi connectivity index (χ1) is 12.1. The fourth-order valence-electron chi connectivity index (χ4n) is 2.63. The van der Waals surface area contributed by atoms with Gasteiger partial charge in [-0.05, 0) is 38.3 Å². The molecule has 0 amide bonds. The molecule has 2 aromatic rings. The van der Waals surface area contributed by atoms with Gasteiger partial charge in [0.05, 0.1) is 0 Å². The Morgan fingerprint density at radius 3 is 2.44 bits per heavy atom. The van der Waals surface area contributed by atoms with Gasteiger partial charge in [-0.2, -0.15) is 15.0 Å². The van der Waals surface area contributed by atoms with E-state index in [1.54, 1.807) is 6.92 Å². The maximum absolute atomic E-state index is 11.1. The zero-order chi connectivity index (χ0) is 17.6. The summed E-state index contributed by atoms with van der Waals surface area (Å²) in [5.74, 6) is 0.247. The van der Waals surface area contributed by atoms with Crippen LogP contribution >= 0.6 is 0 Å². The highest BCUT2D eigenvalue weighted by atomic mass is 16.4. The largest absolute Gasteiger partial charge is 0.480 e. The summed E-state index contributed by atoms with van der Waals surface area (Å²) < 4.78 is 0. The van der Waals surface area contributed by atoms with Crippen molar-refractivity contribution in [1.29, 1.82) is 0 Å². The number of aliphatic carboxylic acids is 1. The Morgan fingerprint density at radius 1 is 1.08 bits per heavy atom. The maximum Gasteiger partial charge on any atom is 0.325 e. The second-order valence-corrected chi connectivity index (χ2v) is 6.03. The van der Waals surface area contributed by atoms with Crippen LogP contribution in [0, 0.1) is 0 Å². The molecule has 0 spiro atoms. The molecule has 1 aromatic carbocycles. The molecule has 2 heterocycles. The molecular formula is C17H22N6O2. The third kappa shape index (κ3) is 4.56. The molecule has 1 fully saturated rings. The van der Waals surface area contributed by atoms with E-state index in [2.05, 4.69) is 30.5 Å². The minimum atomic E-state index is -0.961. The van der Waals surface area contributed by atoms with E-state index in [4.69, 9.17) is 5.11 Å². The molecule has 1 atom stereocenters. The Labute approximate surface area is 146 Å². The summed E-state index contributed by atoms with van der Waals surface area (Å²) in [5.41, 5.74) is 0.857. The molecule has 0 radical (unpaired) electrons. The first kappa shape index (κ1) is 16.9. The number of hydrogen-bond acceptors (Lipinski definition) is 7. The second-order valence-electron chi connectivity index (χ2n) is 6.03. The number of carboxylic acid groups (broad SMARTS) is 1. The number of nitrogens with zero attached hydrogens (tertiary/aromatic N) is 4. The Balaban J connectivity index is 1.88. The summed E-state index contributed by atoms with van der Waals surface area (Å²) >= 11 is 0. The Bertz CT molecular complexity index is 718. The van der Waals surface area contributed by atoms with Crippen LogP contribution in [0.15, 0.2) is 30.3 Å². The lowest BCUT2D eigenvalue weighted by molar-refractivity contribution is -0.137. The van der Waals surface area contributed by atoms with Gasteiger partial charge in [-0.25, -0.2) is 0 Å². The Kier molecular flexibility index (Phi) is 5.27. The van der Waals surface area contributed by atoms with Crippen molar-refractivity contribution in [3.05, 3.63) is 30.3 Å². The topological polar surface area (TPSA) is 103 Å². The molecule has 1 saturated heterocycles. The molecule has 8 heteroatoms. The SMILES string of the molecule is CC(Nc1nc(Nc2ccccc2)nc(N2CCCCC2)n1)C(=O)O. The molecule has 1 unspecified atom stereocenters. The first-order valence-corrected chi connectivity index (χ1v) is 8.44. The molecule has 0 saturated carbocycles. The Morgan fingerprint density at radius 2 is 1.76 bits per heavy atom. The lowest BCUT2D eigenvalue weighted by Crippen LogP contribution is -2.32. The summed E-state index contributed by atoms with van der Waals surface area (Å²) in [4.78, 5) is 26.4. The first-order valence-electron chi connectivity index (χ1n) is 8.44. The highest BCUT2D eigenvalue weighted by Crippen LogP contribution is 2.20. The van der Waals surface area contributed by atoms with Gasteiger partial charge in [-0.3, -0.25) is 4.79 Å². The normalized spacial score (nSPS) is 15.5. The summed E-state index contributed by atoms with van der Waals surface area (Å²) in [7, 11) is 0. The number of carboxylic acids is 1. The van der Waals surface area contributed by atoms with E-state index in [-0.39, 0.29) is 5.95 Å². The van der Waals surface area contributed by atoms with Gasteiger partial charge >= 0.3 is 5.97 Å². The molecule has 0 bridgehead atoms. The van der Waals surface area contributed by atoms with Gasteiger partial charge in [-0.15, -0.1) is 0 Å². The number of carbonyl (C=O) groups is 1. The van der Waals surface area contributed by atoms with Crippen molar-refractivity contribution in [3.8, 4) is 0 Å². The van der Waals surface area contributed by atoms with Crippen LogP contribution in [0.4, 0.5) is 23.5 Å². The smallest absolute Gasteiger partial charge is 0.325 e. The van der Waals surface area contributed by atoms with E-state index in [1.807, 2.05) is 30.3 Å². The van der Waals surface area contributed by atoms with Crippen molar-refractivity contribution in [2.24, 2.45) is 0 Å². The molecule has 3 rings (SSSR count). The molecule has 3 N–H and O–H groups in total. The van der Waals surface area contributed by atoms with Crippen LogP contribution < -0.4 is 15.5 Å². The number of benzene rings is 1. The average Bonchev–Trinajstić information content (AvgIpc) is 2.63. The number of nitrogens with one attached hydrogen (secondary N) is 2. The van der Waals surface area contributed by atoms with E-state index in [1.165, 1.54) is 6.42 Å². The van der Waals surface area contributed by atoms with Crippen LogP contribution in [0.5, 0.6) is 0 Å². The summed E-state index contributed by atoms with van der Waals surface area (Å²) in [6.07, 6.45) is 3.40. The molecule has 8 nitrogen and oxygen atoms in total. The summed E-state index contributed by atoms with van der Waals surface area (Å²) in [6, 6.07) is 8.80. The van der Waals surface area contributed by atoms with E-state index in [0.29, 0.717) is 11.9 Å². The molecular weight excluding hydrogens is 320 g/mol. The molecule has 1 aliphatic rings. The minimum absolute atomic E-state index is 0.254. The number of anilines is 4. The highest BCUT2D eigenvalue weighted by Gasteiger charge is 2.18.